The molecule has 1 nitrogen and oxygen atoms in total. The van der Waals surface area contributed by atoms with Crippen LogP contribution in [0.1, 0.15) is 156 Å². The van der Waals surface area contributed by atoms with Crippen molar-refractivity contribution in [3.63, 3.8) is 0 Å². The summed E-state index contributed by atoms with van der Waals surface area (Å²) in [6.07, 6.45) is 33.6. The first-order chi connectivity index (χ1) is 14.8. The standard InChI is InChI=1S/C24H51P.C4H11N/c1-4-7-10-13-16-19-22-25(23-20-17-14-11-8-5-2)24-21-18-15-12-9-6-3;1-2-3-4-5/h4-24H2,1-3H3;2-5H2,1H3. The molecule has 0 heterocycles. The fourth-order valence-electron chi connectivity index (χ4n) is 3.89. The molecule has 0 saturated heterocycles. The largest absolute Gasteiger partial charge is 0.330 e. The minimum absolute atomic E-state index is 0.366. The van der Waals surface area contributed by atoms with Crippen molar-refractivity contribution >= 4 is 7.92 Å². The number of rotatable bonds is 23. The first kappa shape index (κ1) is 32.6. The highest BCUT2D eigenvalue weighted by molar-refractivity contribution is 7.57. The lowest BCUT2D eigenvalue weighted by atomic mass is 10.1. The predicted molar refractivity (Wildman–Crippen MR) is 146 cm³/mol. The minimum atomic E-state index is 0.366. The zero-order valence-corrected chi connectivity index (χ0v) is 22.9. The zero-order valence-electron chi connectivity index (χ0n) is 22.0. The lowest BCUT2D eigenvalue weighted by Crippen LogP contribution is -1.97. The summed E-state index contributed by atoms with van der Waals surface area (Å²) in [5.41, 5.74) is 5.14. The fraction of sp³-hybridized carbons (Fsp3) is 1.00. The highest BCUT2D eigenvalue weighted by atomic mass is 31.1. The molecule has 2 N–H and O–H groups in total. The molecule has 0 unspecified atom stereocenters. The normalized spacial score (nSPS) is 11.0. The molecule has 2 heteroatoms. The Morgan fingerprint density at radius 2 is 0.633 bits per heavy atom. The molecule has 0 spiro atoms. The van der Waals surface area contributed by atoms with E-state index >= 15 is 0 Å². The predicted octanol–water partition coefficient (Wildman–Crippen LogP) is 10.3. The van der Waals surface area contributed by atoms with Gasteiger partial charge in [-0.2, -0.15) is 0 Å². The van der Waals surface area contributed by atoms with Gasteiger partial charge < -0.3 is 5.73 Å². The van der Waals surface area contributed by atoms with Crippen molar-refractivity contribution in [3.05, 3.63) is 0 Å². The number of nitrogens with two attached hydrogens (primary N) is 1. The third kappa shape index (κ3) is 30.6. The van der Waals surface area contributed by atoms with Crippen molar-refractivity contribution in [3.8, 4) is 0 Å². The van der Waals surface area contributed by atoms with E-state index in [1.807, 2.05) is 0 Å². The maximum Gasteiger partial charge on any atom is -0.00774 e. The summed E-state index contributed by atoms with van der Waals surface area (Å²) in [4.78, 5) is 0. The van der Waals surface area contributed by atoms with Crippen molar-refractivity contribution in [1.82, 2.24) is 0 Å². The molecule has 0 atom stereocenters. The highest BCUT2D eigenvalue weighted by Gasteiger charge is 2.07. The second-order valence-corrected chi connectivity index (χ2v) is 12.0. The van der Waals surface area contributed by atoms with Crippen LogP contribution in [0.25, 0.3) is 0 Å². The number of unbranched alkanes of at least 4 members (excludes halogenated alkanes) is 16. The van der Waals surface area contributed by atoms with E-state index in [0.717, 1.165) is 6.54 Å². The Hall–Kier alpha value is 0.390. The van der Waals surface area contributed by atoms with Gasteiger partial charge in [0.15, 0.2) is 0 Å². The van der Waals surface area contributed by atoms with Crippen LogP contribution in [-0.2, 0) is 0 Å². The quantitative estimate of drug-likeness (QED) is 0.123. The second kappa shape index (κ2) is 31.6. The molecule has 0 aliphatic heterocycles. The van der Waals surface area contributed by atoms with Gasteiger partial charge >= 0.3 is 0 Å². The van der Waals surface area contributed by atoms with E-state index < -0.39 is 0 Å². The van der Waals surface area contributed by atoms with Crippen LogP contribution in [0.4, 0.5) is 0 Å². The van der Waals surface area contributed by atoms with Gasteiger partial charge in [-0.1, -0.05) is 130 Å². The van der Waals surface area contributed by atoms with Gasteiger partial charge in [0.2, 0.25) is 0 Å². The smallest absolute Gasteiger partial charge is 0.00774 e. The third-order valence-electron chi connectivity index (χ3n) is 6.04. The van der Waals surface area contributed by atoms with E-state index in [0.29, 0.717) is 7.92 Å². The van der Waals surface area contributed by atoms with Gasteiger partial charge in [0.25, 0.3) is 0 Å². The molecular weight excluding hydrogens is 381 g/mol. The van der Waals surface area contributed by atoms with E-state index in [4.69, 9.17) is 5.73 Å². The molecule has 0 radical (unpaired) electrons. The third-order valence-corrected chi connectivity index (χ3v) is 8.89. The van der Waals surface area contributed by atoms with E-state index in [1.165, 1.54) is 128 Å². The zero-order chi connectivity index (χ0) is 22.5. The molecule has 184 valence electrons. The van der Waals surface area contributed by atoms with Crippen LogP contribution in [0, 0.1) is 0 Å². The summed E-state index contributed by atoms with van der Waals surface area (Å²) in [5, 5.41) is 0. The Kier molecular flexibility index (Phi) is 34.3. The van der Waals surface area contributed by atoms with Crippen molar-refractivity contribution in [2.24, 2.45) is 5.73 Å². The van der Waals surface area contributed by atoms with Crippen LogP contribution < -0.4 is 5.73 Å². The van der Waals surface area contributed by atoms with E-state index in [2.05, 4.69) is 27.7 Å². The topological polar surface area (TPSA) is 26.0 Å². The molecule has 0 aliphatic rings. The first-order valence-corrected chi connectivity index (χ1v) is 16.1. The first-order valence-electron chi connectivity index (χ1n) is 14.2. The lowest BCUT2D eigenvalue weighted by Gasteiger charge is -2.18. The average Bonchev–Trinajstić information content (AvgIpc) is 2.76. The monoisotopic (exact) mass is 443 g/mol. The Balaban J connectivity index is 0. The van der Waals surface area contributed by atoms with Gasteiger partial charge in [0.1, 0.15) is 0 Å². The molecule has 0 aliphatic carbocycles. The van der Waals surface area contributed by atoms with Crippen LogP contribution >= 0.6 is 7.92 Å². The molecule has 0 aromatic carbocycles. The van der Waals surface area contributed by atoms with Gasteiger partial charge in [0, 0.05) is 0 Å². The SMILES string of the molecule is CCCCCCCCP(CCCCCCCC)CCCCCCCC.CCCCN. The summed E-state index contributed by atoms with van der Waals surface area (Å²) in [6.45, 7) is 9.93. The number of hydrogen-bond donors (Lipinski definition) is 1. The van der Waals surface area contributed by atoms with E-state index in [-0.39, 0.29) is 0 Å². The Labute approximate surface area is 194 Å². The second-order valence-electron chi connectivity index (χ2n) is 9.29. The van der Waals surface area contributed by atoms with Crippen LogP contribution in [0.5, 0.6) is 0 Å². The molecule has 0 rings (SSSR count). The average molecular weight is 444 g/mol. The van der Waals surface area contributed by atoms with Crippen molar-refractivity contribution in [2.75, 3.05) is 25.0 Å². The number of hydrogen-bond acceptors (Lipinski definition) is 1. The minimum Gasteiger partial charge on any atom is -0.330 e. The molecule has 0 amide bonds. The van der Waals surface area contributed by atoms with Crippen LogP contribution in [-0.4, -0.2) is 25.0 Å². The van der Waals surface area contributed by atoms with Crippen molar-refractivity contribution in [2.45, 2.75) is 156 Å². The summed E-state index contributed by atoms with van der Waals surface area (Å²) >= 11 is 0. The Bertz CT molecular complexity index is 229. The van der Waals surface area contributed by atoms with Crippen molar-refractivity contribution < 1.29 is 0 Å². The fourth-order valence-corrected chi connectivity index (χ4v) is 6.57. The van der Waals surface area contributed by atoms with Gasteiger partial charge in [0.05, 0.1) is 0 Å². The van der Waals surface area contributed by atoms with E-state index in [1.54, 1.807) is 18.5 Å². The Morgan fingerprint density at radius 1 is 0.367 bits per heavy atom. The maximum atomic E-state index is 5.14. The molecule has 0 aromatic rings. The van der Waals surface area contributed by atoms with Crippen molar-refractivity contribution in [1.29, 1.82) is 0 Å². The molecular formula is C28H62NP. The van der Waals surface area contributed by atoms with Crippen LogP contribution in [0.2, 0.25) is 0 Å². The Morgan fingerprint density at radius 3 is 0.867 bits per heavy atom. The molecule has 30 heavy (non-hydrogen) atoms. The van der Waals surface area contributed by atoms with Gasteiger partial charge in [-0.05, 0) is 50.7 Å². The van der Waals surface area contributed by atoms with Gasteiger partial charge in [-0.25, -0.2) is 0 Å². The molecule has 0 bridgehead atoms. The summed E-state index contributed by atoms with van der Waals surface area (Å²) in [5.74, 6) is 0. The summed E-state index contributed by atoms with van der Waals surface area (Å²) in [6, 6.07) is 0. The molecule has 0 saturated carbocycles. The lowest BCUT2D eigenvalue weighted by molar-refractivity contribution is 0.617. The molecule has 0 fully saturated rings. The van der Waals surface area contributed by atoms with E-state index in [9.17, 15) is 0 Å². The van der Waals surface area contributed by atoms with Gasteiger partial charge in [-0.15, -0.1) is 7.92 Å². The van der Waals surface area contributed by atoms with Crippen LogP contribution in [0.15, 0.2) is 0 Å². The highest BCUT2D eigenvalue weighted by Crippen LogP contribution is 2.39. The molecule has 0 aromatic heterocycles. The summed E-state index contributed by atoms with van der Waals surface area (Å²) < 4.78 is 0. The summed E-state index contributed by atoms with van der Waals surface area (Å²) in [7, 11) is 0.366. The van der Waals surface area contributed by atoms with Crippen LogP contribution in [0.3, 0.4) is 0 Å². The van der Waals surface area contributed by atoms with Gasteiger partial charge in [-0.3, -0.25) is 0 Å². The maximum absolute atomic E-state index is 5.14.